The first-order valence-corrected chi connectivity index (χ1v) is 11.3. The van der Waals surface area contributed by atoms with Crippen LogP contribution in [0.3, 0.4) is 0 Å². The number of hydrogen-bond donors (Lipinski definition) is 0. The van der Waals surface area contributed by atoms with Gasteiger partial charge in [-0.2, -0.15) is 22.0 Å². The molecular formula is C27H22F8O2. The largest absolute Gasteiger partial charge is 0.459 e. The smallest absolute Gasteiger partial charge is 0.429 e. The highest BCUT2D eigenvalue weighted by atomic mass is 19.4. The first kappa shape index (κ1) is 28.0. The maximum Gasteiger partial charge on any atom is 0.429 e. The summed E-state index contributed by atoms with van der Waals surface area (Å²) in [5.41, 5.74) is 0.860. The van der Waals surface area contributed by atoms with Gasteiger partial charge in [0.15, 0.2) is 17.4 Å². The topological polar surface area (TPSA) is 18.5 Å². The molecule has 0 radical (unpaired) electrons. The average Bonchev–Trinajstić information content (AvgIpc) is 2.80. The van der Waals surface area contributed by atoms with E-state index in [1.807, 2.05) is 12.1 Å². The maximum atomic E-state index is 14.7. The predicted molar refractivity (Wildman–Crippen MR) is 122 cm³/mol. The van der Waals surface area contributed by atoms with Gasteiger partial charge in [0.2, 0.25) is 0 Å². The molecule has 0 aliphatic carbocycles. The van der Waals surface area contributed by atoms with Gasteiger partial charge < -0.3 is 9.47 Å². The van der Waals surface area contributed by atoms with Crippen LogP contribution in [0.1, 0.15) is 37.3 Å². The van der Waals surface area contributed by atoms with Crippen molar-refractivity contribution in [1.29, 1.82) is 0 Å². The molecule has 0 spiro atoms. The van der Waals surface area contributed by atoms with Crippen LogP contribution in [0, 0.1) is 17.5 Å². The first-order valence-electron chi connectivity index (χ1n) is 11.3. The highest BCUT2D eigenvalue weighted by Crippen LogP contribution is 2.37. The minimum Gasteiger partial charge on any atom is -0.459 e. The molecule has 0 aliphatic heterocycles. The molecule has 37 heavy (non-hydrogen) atoms. The Hall–Kier alpha value is -3.56. The monoisotopic (exact) mass is 530 g/mol. The second kappa shape index (κ2) is 11.7. The zero-order valence-corrected chi connectivity index (χ0v) is 19.5. The van der Waals surface area contributed by atoms with Crippen molar-refractivity contribution in [3.63, 3.8) is 0 Å². The molecule has 3 rings (SSSR count). The van der Waals surface area contributed by atoms with E-state index in [0.717, 1.165) is 43.4 Å². The Bertz CT molecular complexity index is 1210. The van der Waals surface area contributed by atoms with Gasteiger partial charge in [-0.1, -0.05) is 50.1 Å². The van der Waals surface area contributed by atoms with Crippen molar-refractivity contribution in [3.05, 3.63) is 95.5 Å². The van der Waals surface area contributed by atoms with Gasteiger partial charge in [0.05, 0.1) is 17.9 Å². The Morgan fingerprint density at radius 1 is 0.757 bits per heavy atom. The number of aryl methyl sites for hydroxylation is 1. The van der Waals surface area contributed by atoms with E-state index in [1.165, 1.54) is 6.07 Å². The van der Waals surface area contributed by atoms with Crippen molar-refractivity contribution < 1.29 is 44.6 Å². The van der Waals surface area contributed by atoms with Crippen LogP contribution in [0.5, 0.6) is 11.5 Å². The summed E-state index contributed by atoms with van der Waals surface area (Å²) >= 11 is 0. The number of rotatable bonds is 10. The van der Waals surface area contributed by atoms with Crippen molar-refractivity contribution >= 4 is 0 Å². The molecular weight excluding hydrogens is 508 g/mol. The minimum atomic E-state index is -4.80. The van der Waals surface area contributed by atoms with Crippen LogP contribution in [0.2, 0.25) is 0 Å². The third-order valence-corrected chi connectivity index (χ3v) is 5.30. The number of alkyl halides is 5. The average molecular weight is 530 g/mol. The summed E-state index contributed by atoms with van der Waals surface area (Å²) in [4.78, 5) is 0. The van der Waals surface area contributed by atoms with Crippen molar-refractivity contribution in [2.24, 2.45) is 0 Å². The number of hydrogen-bond acceptors (Lipinski definition) is 2. The zero-order chi connectivity index (χ0) is 27.2. The van der Waals surface area contributed by atoms with Gasteiger partial charge in [0.1, 0.15) is 11.6 Å². The first-order chi connectivity index (χ1) is 17.4. The molecule has 0 aromatic heterocycles. The van der Waals surface area contributed by atoms with Crippen LogP contribution in [0.25, 0.3) is 11.1 Å². The number of allylic oxidation sites excluding steroid dienone is 1. The summed E-state index contributed by atoms with van der Waals surface area (Å²) in [6.45, 7) is 2.10. The normalized spacial score (nSPS) is 12.2. The molecule has 0 fully saturated rings. The van der Waals surface area contributed by atoms with E-state index in [4.69, 9.17) is 0 Å². The lowest BCUT2D eigenvalue weighted by Crippen LogP contribution is -2.23. The van der Waals surface area contributed by atoms with Crippen LogP contribution in [0.15, 0.2) is 66.9 Å². The second-order valence-corrected chi connectivity index (χ2v) is 8.15. The van der Waals surface area contributed by atoms with Gasteiger partial charge >= 0.3 is 12.3 Å². The predicted octanol–water partition coefficient (Wildman–Crippen LogP) is 9.09. The Kier molecular flexibility index (Phi) is 8.83. The van der Waals surface area contributed by atoms with E-state index in [2.05, 4.69) is 16.4 Å². The van der Waals surface area contributed by atoms with Crippen molar-refractivity contribution in [2.45, 2.75) is 44.9 Å². The summed E-state index contributed by atoms with van der Waals surface area (Å²) in [6.07, 6.45) is -5.44. The summed E-state index contributed by atoms with van der Waals surface area (Å²) in [5.74, 6) is -6.82. The molecule has 0 amide bonds. The van der Waals surface area contributed by atoms with Gasteiger partial charge in [0.25, 0.3) is 0 Å². The molecule has 0 heterocycles. The molecule has 3 aromatic carbocycles. The summed E-state index contributed by atoms with van der Waals surface area (Å²) in [7, 11) is 0. The van der Waals surface area contributed by atoms with Crippen molar-refractivity contribution in [3.8, 4) is 22.6 Å². The molecule has 0 atom stereocenters. The molecule has 0 bridgehead atoms. The Labute approximate surface area is 208 Å². The Morgan fingerprint density at radius 3 is 1.95 bits per heavy atom. The molecule has 10 heteroatoms. The molecule has 0 aliphatic rings. The molecule has 0 saturated heterocycles. The van der Waals surface area contributed by atoms with E-state index in [9.17, 15) is 35.1 Å². The molecule has 0 saturated carbocycles. The Morgan fingerprint density at radius 2 is 1.38 bits per heavy atom. The van der Waals surface area contributed by atoms with E-state index < -0.39 is 52.9 Å². The third kappa shape index (κ3) is 7.71. The lowest BCUT2D eigenvalue weighted by molar-refractivity contribution is -0.187. The van der Waals surface area contributed by atoms with Gasteiger partial charge in [-0.3, -0.25) is 0 Å². The lowest BCUT2D eigenvalue weighted by atomic mass is 10.00. The molecule has 3 aromatic rings. The van der Waals surface area contributed by atoms with Crippen molar-refractivity contribution in [1.82, 2.24) is 0 Å². The lowest BCUT2D eigenvalue weighted by Gasteiger charge is -2.20. The van der Waals surface area contributed by atoms with E-state index >= 15 is 0 Å². The fraction of sp³-hybridized carbons (Fsp3) is 0.259. The third-order valence-electron chi connectivity index (χ3n) is 5.30. The highest BCUT2D eigenvalue weighted by molar-refractivity contribution is 5.64. The van der Waals surface area contributed by atoms with E-state index in [1.54, 1.807) is 12.1 Å². The van der Waals surface area contributed by atoms with E-state index in [-0.39, 0.29) is 18.4 Å². The number of benzene rings is 3. The summed E-state index contributed by atoms with van der Waals surface area (Å²) < 4.78 is 117. The number of ether oxygens (including phenoxy) is 2. The van der Waals surface area contributed by atoms with Gasteiger partial charge in [-0.15, -0.1) is 0 Å². The standard InChI is InChI=1S/C27H22F8O2/c1-2-3-4-5-17-6-8-18(9-7-17)19-10-11-21(22(28)14-19)27(34,35)37-20-15-23(29)25(24(30)16-20)36-13-12-26(31,32)33/h6-16H,2-5H2,1H3/b13-12+. The Balaban J connectivity index is 1.75. The number of unbranched alkanes of at least 4 members (excludes halogenated alkanes) is 2. The zero-order valence-electron chi connectivity index (χ0n) is 19.5. The van der Waals surface area contributed by atoms with Gasteiger partial charge in [-0.25, -0.2) is 13.2 Å². The van der Waals surface area contributed by atoms with Gasteiger partial charge in [-0.05, 0) is 41.7 Å². The van der Waals surface area contributed by atoms with Crippen LogP contribution in [-0.2, 0) is 12.5 Å². The quantitative estimate of drug-likeness (QED) is 0.148. The fourth-order valence-corrected chi connectivity index (χ4v) is 3.46. The highest BCUT2D eigenvalue weighted by Gasteiger charge is 2.38. The van der Waals surface area contributed by atoms with E-state index in [0.29, 0.717) is 11.1 Å². The SMILES string of the molecule is CCCCCc1ccc(-c2ccc(C(F)(F)Oc3cc(F)c(O/C=C/C(F)(F)F)c(F)c3)c(F)c2)cc1. The fourth-order valence-electron chi connectivity index (χ4n) is 3.46. The minimum absolute atomic E-state index is 0.00639. The summed E-state index contributed by atoms with van der Waals surface area (Å²) in [6, 6.07) is 10.8. The number of halogens is 8. The molecule has 2 nitrogen and oxygen atoms in total. The van der Waals surface area contributed by atoms with Crippen LogP contribution >= 0.6 is 0 Å². The van der Waals surface area contributed by atoms with Crippen molar-refractivity contribution in [2.75, 3.05) is 0 Å². The maximum absolute atomic E-state index is 14.7. The second-order valence-electron chi connectivity index (χ2n) is 8.15. The summed E-state index contributed by atoms with van der Waals surface area (Å²) in [5, 5.41) is 0. The van der Waals surface area contributed by atoms with Crippen LogP contribution in [0.4, 0.5) is 35.1 Å². The van der Waals surface area contributed by atoms with Crippen LogP contribution in [-0.4, -0.2) is 6.18 Å². The van der Waals surface area contributed by atoms with Gasteiger partial charge in [0, 0.05) is 12.1 Å². The molecule has 0 unspecified atom stereocenters. The molecule has 0 N–H and O–H groups in total. The van der Waals surface area contributed by atoms with Crippen LogP contribution < -0.4 is 9.47 Å². The molecule has 198 valence electrons.